The highest BCUT2D eigenvalue weighted by Crippen LogP contribution is 2.31. The van der Waals surface area contributed by atoms with Gasteiger partial charge in [-0.2, -0.15) is 0 Å². The van der Waals surface area contributed by atoms with E-state index in [1.54, 1.807) is 6.92 Å². The van der Waals surface area contributed by atoms with Gasteiger partial charge in [0.15, 0.2) is 5.92 Å². The molecule has 5 nitrogen and oxygen atoms in total. The van der Waals surface area contributed by atoms with Gasteiger partial charge in [0.1, 0.15) is 11.9 Å². The summed E-state index contributed by atoms with van der Waals surface area (Å²) in [7, 11) is 0. The average molecular weight is 264 g/mol. The summed E-state index contributed by atoms with van der Waals surface area (Å²) in [5.74, 6) is -2.27. The topological polar surface area (TPSA) is 72.8 Å². The van der Waals surface area contributed by atoms with Gasteiger partial charge in [-0.3, -0.25) is 9.59 Å². The van der Waals surface area contributed by atoms with E-state index >= 15 is 0 Å². The van der Waals surface area contributed by atoms with Crippen molar-refractivity contribution in [2.45, 2.75) is 25.9 Å². The summed E-state index contributed by atoms with van der Waals surface area (Å²) in [5, 5.41) is 9.09. The van der Waals surface area contributed by atoms with Crippen molar-refractivity contribution in [1.29, 1.82) is 0 Å². The van der Waals surface area contributed by atoms with Gasteiger partial charge in [0.05, 0.1) is 6.61 Å². The fraction of sp³-hybridized carbons (Fsp3) is 0.429. The van der Waals surface area contributed by atoms with Crippen molar-refractivity contribution in [3.8, 4) is 5.75 Å². The van der Waals surface area contributed by atoms with Crippen molar-refractivity contribution in [3.05, 3.63) is 29.8 Å². The van der Waals surface area contributed by atoms with E-state index in [-0.39, 0.29) is 19.1 Å². The number of carboxylic acids is 1. The molecule has 0 saturated heterocycles. The van der Waals surface area contributed by atoms with Crippen molar-refractivity contribution in [2.75, 3.05) is 6.61 Å². The smallest absolute Gasteiger partial charge is 0.320 e. The van der Waals surface area contributed by atoms with Gasteiger partial charge < -0.3 is 14.6 Å². The molecule has 1 heterocycles. The molecule has 1 aliphatic heterocycles. The first-order chi connectivity index (χ1) is 9.11. The minimum atomic E-state index is -1.17. The maximum Gasteiger partial charge on any atom is 0.320 e. The van der Waals surface area contributed by atoms with Crippen LogP contribution in [0.1, 0.15) is 18.9 Å². The Bertz CT molecular complexity index is 457. The van der Waals surface area contributed by atoms with Crippen LogP contribution in [0.4, 0.5) is 0 Å². The molecule has 0 aromatic heterocycles. The average Bonchev–Trinajstić information content (AvgIpc) is 2.78. The number of carbonyl (C=O) groups excluding carboxylic acids is 1. The van der Waals surface area contributed by atoms with Gasteiger partial charge in [0.2, 0.25) is 0 Å². The molecule has 0 bridgehead atoms. The maximum absolute atomic E-state index is 11.6. The Kier molecular flexibility index (Phi) is 4.04. The second kappa shape index (κ2) is 5.73. The zero-order chi connectivity index (χ0) is 13.8. The highest BCUT2D eigenvalue weighted by molar-refractivity contribution is 5.93. The molecule has 1 aromatic rings. The van der Waals surface area contributed by atoms with E-state index in [4.69, 9.17) is 14.6 Å². The van der Waals surface area contributed by atoms with Gasteiger partial charge in [0, 0.05) is 12.8 Å². The van der Waals surface area contributed by atoms with Gasteiger partial charge in [0.25, 0.3) is 0 Å². The summed E-state index contributed by atoms with van der Waals surface area (Å²) in [6.45, 7) is 1.83. The zero-order valence-corrected chi connectivity index (χ0v) is 10.7. The third-order valence-electron chi connectivity index (χ3n) is 3.08. The fourth-order valence-corrected chi connectivity index (χ4v) is 2.19. The molecule has 1 N–H and O–H groups in total. The Labute approximate surface area is 111 Å². The lowest BCUT2D eigenvalue weighted by Gasteiger charge is -2.15. The van der Waals surface area contributed by atoms with Crippen LogP contribution in [0.2, 0.25) is 0 Å². The lowest BCUT2D eigenvalue weighted by Crippen LogP contribution is -2.31. The molecular formula is C14H16O5. The zero-order valence-electron chi connectivity index (χ0n) is 10.7. The molecule has 5 heteroatoms. The van der Waals surface area contributed by atoms with Crippen LogP contribution in [0, 0.1) is 5.92 Å². The molecule has 2 rings (SSSR count). The van der Waals surface area contributed by atoms with Crippen LogP contribution in [-0.2, 0) is 20.7 Å². The third-order valence-corrected chi connectivity index (χ3v) is 3.08. The fourth-order valence-electron chi connectivity index (χ4n) is 2.19. The number of aliphatic carboxylic acids is 1. The van der Waals surface area contributed by atoms with Crippen molar-refractivity contribution in [2.24, 2.45) is 5.92 Å². The third kappa shape index (κ3) is 3.05. The van der Waals surface area contributed by atoms with Gasteiger partial charge in [-0.05, 0) is 18.6 Å². The molecule has 1 aromatic carbocycles. The largest absolute Gasteiger partial charge is 0.490 e. The molecule has 0 amide bonds. The number of esters is 1. The summed E-state index contributed by atoms with van der Waals surface area (Å²) in [4.78, 5) is 22.7. The highest BCUT2D eigenvalue weighted by Gasteiger charge is 2.34. The van der Waals surface area contributed by atoms with E-state index in [2.05, 4.69) is 0 Å². The first-order valence-corrected chi connectivity index (χ1v) is 6.25. The predicted octanol–water partition coefficient (Wildman–Crippen LogP) is 1.64. The number of rotatable bonds is 5. The standard InChI is InChI=1S/C14H16O5/c1-2-18-14(17)11(13(15)16)8-10-7-9-5-3-4-6-12(9)19-10/h3-6,10-11H,2,7-8H2,1H3,(H,15,16). The van der Waals surface area contributed by atoms with Crippen LogP contribution in [0.3, 0.4) is 0 Å². The van der Waals surface area contributed by atoms with E-state index in [0.717, 1.165) is 11.3 Å². The molecule has 0 fully saturated rings. The number of carboxylic acid groups (broad SMARTS) is 1. The number of para-hydroxylation sites is 1. The number of hydrogen-bond acceptors (Lipinski definition) is 4. The highest BCUT2D eigenvalue weighted by atomic mass is 16.5. The summed E-state index contributed by atoms with van der Waals surface area (Å²) >= 11 is 0. The Balaban J connectivity index is 2.01. The number of carbonyl (C=O) groups is 2. The Morgan fingerprint density at radius 1 is 1.47 bits per heavy atom. The van der Waals surface area contributed by atoms with E-state index in [1.165, 1.54) is 0 Å². The van der Waals surface area contributed by atoms with Crippen molar-refractivity contribution in [1.82, 2.24) is 0 Å². The predicted molar refractivity (Wildman–Crippen MR) is 66.9 cm³/mol. The van der Waals surface area contributed by atoms with Crippen molar-refractivity contribution in [3.63, 3.8) is 0 Å². The van der Waals surface area contributed by atoms with Crippen LogP contribution in [0.25, 0.3) is 0 Å². The SMILES string of the molecule is CCOC(=O)C(CC1Cc2ccccc2O1)C(=O)O. The number of hydrogen-bond donors (Lipinski definition) is 1. The van der Waals surface area contributed by atoms with Crippen LogP contribution in [0.5, 0.6) is 5.75 Å². The Hall–Kier alpha value is -2.04. The maximum atomic E-state index is 11.6. The molecule has 1 aliphatic rings. The van der Waals surface area contributed by atoms with Crippen LogP contribution in [0.15, 0.2) is 24.3 Å². The minimum Gasteiger partial charge on any atom is -0.490 e. The summed E-state index contributed by atoms with van der Waals surface area (Å²) in [6.07, 6.45) is 0.463. The molecule has 0 spiro atoms. The molecular weight excluding hydrogens is 248 g/mol. The monoisotopic (exact) mass is 264 g/mol. The van der Waals surface area contributed by atoms with E-state index < -0.39 is 17.9 Å². The number of fused-ring (bicyclic) bond motifs is 1. The van der Waals surface area contributed by atoms with Crippen LogP contribution in [-0.4, -0.2) is 29.8 Å². The summed E-state index contributed by atoms with van der Waals surface area (Å²) < 4.78 is 10.4. The van der Waals surface area contributed by atoms with Crippen LogP contribution < -0.4 is 4.74 Å². The lowest BCUT2D eigenvalue weighted by atomic mass is 9.98. The lowest BCUT2D eigenvalue weighted by molar-refractivity contribution is -0.159. The van der Waals surface area contributed by atoms with Crippen molar-refractivity contribution < 1.29 is 24.2 Å². The second-order valence-electron chi connectivity index (χ2n) is 4.43. The van der Waals surface area contributed by atoms with Gasteiger partial charge in [-0.25, -0.2) is 0 Å². The number of ether oxygens (including phenoxy) is 2. The molecule has 19 heavy (non-hydrogen) atoms. The van der Waals surface area contributed by atoms with Gasteiger partial charge >= 0.3 is 11.9 Å². The number of benzene rings is 1. The Morgan fingerprint density at radius 3 is 2.84 bits per heavy atom. The molecule has 0 radical (unpaired) electrons. The van der Waals surface area contributed by atoms with E-state index in [9.17, 15) is 9.59 Å². The van der Waals surface area contributed by atoms with E-state index in [0.29, 0.717) is 6.42 Å². The quantitative estimate of drug-likeness (QED) is 0.646. The molecule has 102 valence electrons. The van der Waals surface area contributed by atoms with Gasteiger partial charge in [-0.15, -0.1) is 0 Å². The van der Waals surface area contributed by atoms with E-state index in [1.807, 2.05) is 24.3 Å². The van der Waals surface area contributed by atoms with Crippen molar-refractivity contribution >= 4 is 11.9 Å². The molecule has 2 unspecified atom stereocenters. The van der Waals surface area contributed by atoms with Crippen LogP contribution >= 0.6 is 0 Å². The first kappa shape index (κ1) is 13.4. The molecule has 0 saturated carbocycles. The Morgan fingerprint density at radius 2 is 2.21 bits per heavy atom. The second-order valence-corrected chi connectivity index (χ2v) is 4.43. The molecule has 2 atom stereocenters. The minimum absolute atomic E-state index is 0.128. The summed E-state index contributed by atoms with van der Waals surface area (Å²) in [5.41, 5.74) is 1.04. The summed E-state index contributed by atoms with van der Waals surface area (Å²) in [6, 6.07) is 7.55. The normalized spacial score (nSPS) is 18.3. The first-order valence-electron chi connectivity index (χ1n) is 6.25. The molecule has 0 aliphatic carbocycles. The van der Waals surface area contributed by atoms with Gasteiger partial charge in [-0.1, -0.05) is 18.2 Å².